The Hall–Kier alpha value is -2.38. The summed E-state index contributed by atoms with van der Waals surface area (Å²) >= 11 is 0. The lowest BCUT2D eigenvalue weighted by Gasteiger charge is -2.26. The zero-order valence-electron chi connectivity index (χ0n) is 13.3. The van der Waals surface area contributed by atoms with Gasteiger partial charge in [0.15, 0.2) is 5.82 Å². The third-order valence-electron chi connectivity index (χ3n) is 4.33. The molecule has 2 aromatic rings. The van der Waals surface area contributed by atoms with Crippen LogP contribution < -0.4 is 0 Å². The number of halogens is 3. The van der Waals surface area contributed by atoms with Crippen LogP contribution in [0.2, 0.25) is 0 Å². The molecule has 128 valence electrons. The minimum Gasteiger partial charge on any atom is -0.326 e. The molecule has 0 spiro atoms. The number of aromatic nitrogens is 3. The lowest BCUT2D eigenvalue weighted by Crippen LogP contribution is -2.44. The second-order valence-electron chi connectivity index (χ2n) is 5.88. The Kier molecular flexibility index (Phi) is 4.06. The zero-order valence-corrected chi connectivity index (χ0v) is 13.3. The van der Waals surface area contributed by atoms with Crippen LogP contribution in [0.3, 0.4) is 0 Å². The number of amides is 1. The van der Waals surface area contributed by atoms with E-state index in [1.165, 1.54) is 12.4 Å². The number of likely N-dealkylation sites (tertiary alicyclic amines) is 1. The molecule has 0 N–H and O–H groups in total. The molecule has 1 fully saturated rings. The second-order valence-corrected chi connectivity index (χ2v) is 5.88. The van der Waals surface area contributed by atoms with Gasteiger partial charge in [-0.1, -0.05) is 0 Å². The maximum atomic E-state index is 13.1. The zero-order chi connectivity index (χ0) is 17.5. The molecule has 0 aliphatic carbocycles. The lowest BCUT2D eigenvalue weighted by molar-refractivity contribution is -0.169. The molecule has 8 heteroatoms. The molecule has 24 heavy (non-hydrogen) atoms. The maximum absolute atomic E-state index is 13.1. The summed E-state index contributed by atoms with van der Waals surface area (Å²) in [5.41, 5.74) is 1.55. The summed E-state index contributed by atoms with van der Waals surface area (Å²) in [5.74, 6) is -0.0570. The Labute approximate surface area is 137 Å². The summed E-state index contributed by atoms with van der Waals surface area (Å²) in [5, 5.41) is 0. The number of carbonyl (C=O) groups excluding carboxylic acids is 1. The van der Waals surface area contributed by atoms with Crippen molar-refractivity contribution in [3.63, 3.8) is 0 Å². The SMILES string of the molecule is Cc1cc(C(=O)N2CCC[C@H]2C(F)(F)F)c(C)n1-c1cnccn1. The van der Waals surface area contributed by atoms with Gasteiger partial charge >= 0.3 is 6.18 Å². The molecule has 1 saturated heterocycles. The van der Waals surface area contributed by atoms with Crippen LogP contribution in [0.5, 0.6) is 0 Å². The highest BCUT2D eigenvalue weighted by Gasteiger charge is 2.48. The molecule has 0 saturated carbocycles. The van der Waals surface area contributed by atoms with Crippen LogP contribution >= 0.6 is 0 Å². The summed E-state index contributed by atoms with van der Waals surface area (Å²) in [6.45, 7) is 3.61. The molecule has 2 aromatic heterocycles. The van der Waals surface area contributed by atoms with E-state index in [4.69, 9.17) is 0 Å². The smallest absolute Gasteiger partial charge is 0.326 e. The molecule has 0 bridgehead atoms. The van der Waals surface area contributed by atoms with Crippen molar-refractivity contribution in [2.24, 2.45) is 0 Å². The number of aryl methyl sites for hydroxylation is 1. The molecule has 1 aliphatic heterocycles. The van der Waals surface area contributed by atoms with Crippen LogP contribution in [0, 0.1) is 13.8 Å². The van der Waals surface area contributed by atoms with E-state index in [0.717, 1.165) is 10.6 Å². The first-order valence-electron chi connectivity index (χ1n) is 7.63. The maximum Gasteiger partial charge on any atom is 0.408 e. The third-order valence-corrected chi connectivity index (χ3v) is 4.33. The van der Waals surface area contributed by atoms with Crippen LogP contribution in [0.15, 0.2) is 24.7 Å². The average Bonchev–Trinajstić information content (AvgIpc) is 3.12. The highest BCUT2D eigenvalue weighted by Crippen LogP contribution is 2.34. The van der Waals surface area contributed by atoms with Crippen molar-refractivity contribution in [2.75, 3.05) is 6.54 Å². The predicted molar refractivity (Wildman–Crippen MR) is 80.9 cm³/mol. The highest BCUT2D eigenvalue weighted by molar-refractivity contribution is 5.96. The molecule has 5 nitrogen and oxygen atoms in total. The van der Waals surface area contributed by atoms with Gasteiger partial charge in [0.05, 0.1) is 11.8 Å². The molecule has 1 amide bonds. The fourth-order valence-corrected chi connectivity index (χ4v) is 3.24. The summed E-state index contributed by atoms with van der Waals surface area (Å²) < 4.78 is 41.1. The Morgan fingerprint density at radius 1 is 1.29 bits per heavy atom. The number of rotatable bonds is 2. The van der Waals surface area contributed by atoms with Crippen LogP contribution in [-0.4, -0.2) is 44.1 Å². The Morgan fingerprint density at radius 3 is 2.67 bits per heavy atom. The van der Waals surface area contributed by atoms with Crippen molar-refractivity contribution in [1.82, 2.24) is 19.4 Å². The summed E-state index contributed by atoms with van der Waals surface area (Å²) in [4.78, 5) is 21.8. The van der Waals surface area contributed by atoms with E-state index in [2.05, 4.69) is 9.97 Å². The molecule has 0 unspecified atom stereocenters. The number of hydrogen-bond acceptors (Lipinski definition) is 3. The first-order chi connectivity index (χ1) is 11.3. The monoisotopic (exact) mass is 338 g/mol. The van der Waals surface area contributed by atoms with Crippen molar-refractivity contribution >= 4 is 5.91 Å². The molecular formula is C16H17F3N4O. The summed E-state index contributed by atoms with van der Waals surface area (Å²) in [6, 6.07) is -0.0949. The lowest BCUT2D eigenvalue weighted by atomic mass is 10.1. The highest BCUT2D eigenvalue weighted by atomic mass is 19.4. The Balaban J connectivity index is 1.98. The van der Waals surface area contributed by atoms with E-state index >= 15 is 0 Å². The van der Waals surface area contributed by atoms with E-state index < -0.39 is 18.1 Å². The summed E-state index contributed by atoms with van der Waals surface area (Å²) in [7, 11) is 0. The van der Waals surface area contributed by atoms with Gasteiger partial charge in [-0.25, -0.2) is 4.98 Å². The Bertz CT molecular complexity index is 755. The first kappa shape index (κ1) is 16.5. The number of carbonyl (C=O) groups is 1. The van der Waals surface area contributed by atoms with Crippen molar-refractivity contribution in [1.29, 1.82) is 0 Å². The largest absolute Gasteiger partial charge is 0.408 e. The van der Waals surface area contributed by atoms with E-state index in [-0.39, 0.29) is 18.5 Å². The standard InChI is InChI=1S/C16H17F3N4O/c1-10-8-12(11(2)23(10)14-9-20-5-6-21-14)15(24)22-7-3-4-13(22)16(17,18)19/h5-6,8-9,13H,3-4,7H2,1-2H3/t13-/m0/s1. The summed E-state index contributed by atoms with van der Waals surface area (Å²) in [6.07, 6.45) is 0.514. The molecule has 0 radical (unpaired) electrons. The number of alkyl halides is 3. The molecule has 0 aromatic carbocycles. The topological polar surface area (TPSA) is 51.0 Å². The Morgan fingerprint density at radius 2 is 2.04 bits per heavy atom. The van der Waals surface area contributed by atoms with Crippen LogP contribution in [0.25, 0.3) is 5.82 Å². The van der Waals surface area contributed by atoms with Gasteiger partial charge < -0.3 is 9.47 Å². The van der Waals surface area contributed by atoms with E-state index in [1.54, 1.807) is 30.7 Å². The minimum atomic E-state index is -4.40. The fraction of sp³-hybridized carbons (Fsp3) is 0.438. The van der Waals surface area contributed by atoms with Crippen molar-refractivity contribution in [3.8, 4) is 5.82 Å². The van der Waals surface area contributed by atoms with Gasteiger partial charge in [0.1, 0.15) is 6.04 Å². The minimum absolute atomic E-state index is 0.0435. The van der Waals surface area contributed by atoms with Gasteiger partial charge in [-0.3, -0.25) is 9.78 Å². The first-order valence-corrected chi connectivity index (χ1v) is 7.63. The second kappa shape index (κ2) is 5.92. The van der Waals surface area contributed by atoms with Gasteiger partial charge in [0.25, 0.3) is 5.91 Å². The normalized spacial score (nSPS) is 18.2. The number of hydrogen-bond donors (Lipinski definition) is 0. The van der Waals surface area contributed by atoms with E-state index in [1.807, 2.05) is 0 Å². The van der Waals surface area contributed by atoms with Gasteiger partial charge in [-0.2, -0.15) is 13.2 Å². The quantitative estimate of drug-likeness (QED) is 0.846. The van der Waals surface area contributed by atoms with E-state index in [0.29, 0.717) is 17.9 Å². The van der Waals surface area contributed by atoms with Crippen LogP contribution in [0.4, 0.5) is 13.2 Å². The third kappa shape index (κ3) is 2.76. The van der Waals surface area contributed by atoms with Crippen LogP contribution in [0.1, 0.15) is 34.6 Å². The number of nitrogens with zero attached hydrogens (tertiary/aromatic N) is 4. The predicted octanol–water partition coefficient (Wildman–Crippen LogP) is 3.05. The molecule has 3 heterocycles. The van der Waals surface area contributed by atoms with Crippen LogP contribution in [-0.2, 0) is 0 Å². The average molecular weight is 338 g/mol. The van der Waals surface area contributed by atoms with Gasteiger partial charge in [0.2, 0.25) is 0 Å². The molecule has 1 atom stereocenters. The molecule has 3 rings (SSSR count). The molecule has 1 aliphatic rings. The van der Waals surface area contributed by atoms with Crippen molar-refractivity contribution < 1.29 is 18.0 Å². The van der Waals surface area contributed by atoms with Gasteiger partial charge in [-0.15, -0.1) is 0 Å². The van der Waals surface area contributed by atoms with Gasteiger partial charge in [0, 0.05) is 30.3 Å². The van der Waals surface area contributed by atoms with Crippen molar-refractivity contribution in [2.45, 2.75) is 38.9 Å². The van der Waals surface area contributed by atoms with Crippen molar-refractivity contribution in [3.05, 3.63) is 41.6 Å². The van der Waals surface area contributed by atoms with E-state index in [9.17, 15) is 18.0 Å². The molecular weight excluding hydrogens is 321 g/mol. The fourth-order valence-electron chi connectivity index (χ4n) is 3.24. The van der Waals surface area contributed by atoms with Gasteiger partial charge in [-0.05, 0) is 32.8 Å².